The predicted octanol–water partition coefficient (Wildman–Crippen LogP) is 3.68. The molecule has 0 spiro atoms. The number of ether oxygens (including phenoxy) is 20. The van der Waals surface area contributed by atoms with Gasteiger partial charge >= 0.3 is 0 Å². The Morgan fingerprint density at radius 1 is 0.284 bits per heavy atom. The first-order valence-electron chi connectivity index (χ1n) is 42.5. The molecular weight excluding hydrogens is 1500 g/mol. The van der Waals surface area contributed by atoms with Crippen LogP contribution in [0.15, 0.2) is 106 Å². The summed E-state index contributed by atoms with van der Waals surface area (Å²) < 4.78 is 130. The fraction of sp³-hybridized carbons (Fsp3) is 0.762. The maximum atomic E-state index is 6.43. The van der Waals surface area contributed by atoms with Gasteiger partial charge in [-0.25, -0.2) is 0 Å². The first-order valence-corrected chi connectivity index (χ1v) is 42.5. The van der Waals surface area contributed by atoms with Crippen LogP contribution < -0.4 is 57.3 Å². The van der Waals surface area contributed by atoms with Gasteiger partial charge in [-0.2, -0.15) is 0 Å². The Hall–Kier alpha value is -4.20. The van der Waals surface area contributed by atoms with Crippen molar-refractivity contribution in [1.82, 2.24) is 0 Å². The molecule has 0 saturated carbocycles. The molecule has 32 heteroatoms. The minimum atomic E-state index is -0.218. The lowest BCUT2D eigenvalue weighted by Gasteiger charge is -2.25. The fourth-order valence-corrected chi connectivity index (χ4v) is 15.9. The molecule has 0 radical (unpaired) electrons. The van der Waals surface area contributed by atoms with Gasteiger partial charge in [0.1, 0.15) is 146 Å². The van der Waals surface area contributed by atoms with Gasteiger partial charge in [0, 0.05) is 13.2 Å². The molecule has 32 nitrogen and oxygen atoms in total. The second kappa shape index (κ2) is 51.0. The summed E-state index contributed by atoms with van der Waals surface area (Å²) in [6, 6.07) is 27.9. The molecular formula is C84H140N10O22. The van der Waals surface area contributed by atoms with Crippen molar-refractivity contribution in [2.24, 2.45) is 69.2 Å². The number of nitrogens with two attached hydrogens (primary N) is 10. The van der Waals surface area contributed by atoms with Crippen LogP contribution in [0.2, 0.25) is 0 Å². The van der Waals surface area contributed by atoms with Crippen molar-refractivity contribution >= 4 is 0 Å². The third-order valence-corrected chi connectivity index (χ3v) is 22.3. The molecule has 14 rings (SSSR count). The summed E-state index contributed by atoms with van der Waals surface area (Å²) in [4.78, 5) is 0. The van der Waals surface area contributed by atoms with E-state index in [9.17, 15) is 0 Å². The van der Waals surface area contributed by atoms with Crippen molar-refractivity contribution in [1.29, 1.82) is 0 Å². The second-order valence-electron chi connectivity index (χ2n) is 31.4. The smallest absolute Gasteiger partial charge is 0.132 e. The molecule has 2 aromatic heterocycles. The van der Waals surface area contributed by atoms with Gasteiger partial charge in [-0.05, 0) is 178 Å². The highest BCUT2D eigenvalue weighted by molar-refractivity contribution is 5.20. The van der Waals surface area contributed by atoms with Gasteiger partial charge in [-0.3, -0.25) is 0 Å². The Balaban J connectivity index is 0.000000155. The highest BCUT2D eigenvalue weighted by atomic mass is 16.7. The fourth-order valence-electron chi connectivity index (χ4n) is 15.9. The molecule has 0 aliphatic carbocycles. The van der Waals surface area contributed by atoms with E-state index in [4.69, 9.17) is 161 Å². The minimum Gasteiger partial charge on any atom is -0.467 e. The summed E-state index contributed by atoms with van der Waals surface area (Å²) in [6.07, 6.45) is 7.87. The Morgan fingerprint density at radius 3 is 0.810 bits per heavy atom. The van der Waals surface area contributed by atoms with Crippen LogP contribution in [0.1, 0.15) is 126 Å². The average Bonchev–Trinajstić information content (AvgIpc) is 1.61. The quantitative estimate of drug-likeness (QED) is 0.0282. The van der Waals surface area contributed by atoms with Crippen molar-refractivity contribution in [3.63, 3.8) is 0 Å². The van der Waals surface area contributed by atoms with Crippen LogP contribution >= 0.6 is 0 Å². The van der Waals surface area contributed by atoms with Crippen LogP contribution in [0.3, 0.4) is 0 Å². The van der Waals surface area contributed by atoms with E-state index in [0.717, 1.165) is 61.2 Å². The maximum absolute atomic E-state index is 6.43. The van der Waals surface area contributed by atoms with Crippen LogP contribution in [0.4, 0.5) is 0 Å². The Labute approximate surface area is 685 Å². The van der Waals surface area contributed by atoms with E-state index in [0.29, 0.717) is 183 Å². The predicted molar refractivity (Wildman–Crippen MR) is 432 cm³/mol. The SMILES string of the molecule is CC(CCN)O[C@@H]1COC2C1OC[C@H]2OC(C)CCN.CC(CN)CO[C@@H]1COC2C1OC[C@H]2OCC(C)CN.NCCC(O[C@@H]1COC2C1OC[C@H]2OC(CCN)c1ccccc1)c1ccccc1.NCCC(O[C@@H]1COC2C1OC[C@H]2OC(CCN)c1ccco1)c1ccco1.NCCCO[C@@H]1COC2C1OC[C@H]2OCCCN. The minimum absolute atomic E-state index is 0.00506. The summed E-state index contributed by atoms with van der Waals surface area (Å²) in [5.74, 6) is 2.24. The van der Waals surface area contributed by atoms with Crippen LogP contribution in [0.25, 0.3) is 0 Å². The van der Waals surface area contributed by atoms with Gasteiger partial charge in [-0.1, -0.05) is 74.5 Å². The van der Waals surface area contributed by atoms with Gasteiger partial charge < -0.3 is 161 Å². The van der Waals surface area contributed by atoms with E-state index >= 15 is 0 Å². The number of rotatable bonds is 44. The number of fused-ring (bicyclic) bond motifs is 5. The van der Waals surface area contributed by atoms with E-state index in [2.05, 4.69) is 38.1 Å². The summed E-state index contributed by atoms with van der Waals surface area (Å²) in [5, 5.41) is 0. The summed E-state index contributed by atoms with van der Waals surface area (Å²) in [5.41, 5.74) is 58.6. The second-order valence-corrected chi connectivity index (χ2v) is 31.4. The van der Waals surface area contributed by atoms with Crippen molar-refractivity contribution in [2.45, 2.75) is 238 Å². The van der Waals surface area contributed by atoms with Crippen LogP contribution in [-0.2, 0) is 94.7 Å². The maximum Gasteiger partial charge on any atom is 0.132 e. The molecule has 4 aromatic rings. The molecule has 20 N–H and O–H groups in total. The first kappa shape index (κ1) is 94.1. The topological polar surface area (TPSA) is 471 Å². The number of hydrogen-bond donors (Lipinski definition) is 10. The number of hydrogen-bond acceptors (Lipinski definition) is 32. The summed E-state index contributed by atoms with van der Waals surface area (Å²) in [7, 11) is 0. The first-order chi connectivity index (χ1) is 56.8. The largest absolute Gasteiger partial charge is 0.467 e. The van der Waals surface area contributed by atoms with Crippen LogP contribution in [-0.4, -0.2) is 292 Å². The lowest BCUT2D eigenvalue weighted by atomic mass is 10.0. The molecule has 10 aliphatic rings. The molecule has 12 heterocycles. The van der Waals surface area contributed by atoms with Gasteiger partial charge in [0.2, 0.25) is 0 Å². The monoisotopic (exact) mass is 1640 g/mol. The highest BCUT2D eigenvalue weighted by Crippen LogP contribution is 2.41. The van der Waals surface area contributed by atoms with E-state index < -0.39 is 0 Å². The van der Waals surface area contributed by atoms with Gasteiger partial charge in [0.05, 0.1) is 116 Å². The lowest BCUT2D eigenvalue weighted by Crippen LogP contribution is -2.37. The van der Waals surface area contributed by atoms with Gasteiger partial charge in [0.15, 0.2) is 0 Å². The normalized spacial score (nSPS) is 32.0. The zero-order chi connectivity index (χ0) is 82.0. The van der Waals surface area contributed by atoms with E-state index in [1.165, 1.54) is 0 Å². The average molecular weight is 1640 g/mol. The zero-order valence-electron chi connectivity index (χ0n) is 68.8. The Kier molecular flexibility index (Phi) is 41.4. The summed E-state index contributed by atoms with van der Waals surface area (Å²) >= 11 is 0. The van der Waals surface area contributed by atoms with Crippen LogP contribution in [0, 0.1) is 11.8 Å². The Morgan fingerprint density at radius 2 is 0.543 bits per heavy atom. The molecule has 10 fully saturated rings. The van der Waals surface area contributed by atoms with E-state index in [-0.39, 0.29) is 159 Å². The van der Waals surface area contributed by atoms with Gasteiger partial charge in [0.25, 0.3) is 0 Å². The van der Waals surface area contributed by atoms with Crippen molar-refractivity contribution < 1.29 is 104 Å². The van der Waals surface area contributed by atoms with E-state index in [1.807, 2.05) is 74.5 Å². The molecule has 0 bridgehead atoms. The number of benzene rings is 2. The van der Waals surface area contributed by atoms with Crippen molar-refractivity contribution in [2.75, 3.05) is 158 Å². The van der Waals surface area contributed by atoms with Crippen LogP contribution in [0.5, 0.6) is 0 Å². The summed E-state index contributed by atoms with van der Waals surface area (Å²) in [6.45, 7) is 22.1. The highest BCUT2D eigenvalue weighted by Gasteiger charge is 2.54. The molecule has 116 heavy (non-hydrogen) atoms. The molecule has 10 saturated heterocycles. The standard InChI is InChI=1S/C24H32N2O4.C20H28N2O6.2C14H28N2O4.C12H24N2O4/c25-13-11-19(17-7-3-1-4-8-17)29-21-15-27-24-22(16-28-23(21)24)30-20(12-14-26)18-9-5-2-6-10-18;21-7-5-15(13-3-1-9-23-13)27-17-11-25-20-18(12-26-19(17)20)28-16(6-8-22)14-4-2-10-24-14;1-9(3-15)5-17-11-7-19-14-12(8-20-13(11)14)18-6-10(2)4-16;1-9(3-5-15)19-11-7-17-14-12(8-18-13(11)14)20-10(2)4-6-16;13-3-1-5-15-9-7-17-12-10(8-18-11(9)12)16-6-2-4-14/h1-10,19-24H,11-16,25-26H2;1-4,9-10,15-20H,5-8,11-12,21-22H2;2*9-14H,3-8,15-16H2,1-2H3;9-12H,1-8,13-14H2/t19?,20?,21-,22-,23?,24?;15?,16?,17-,18-,19?,20?;2*9?,10?,11-,12-,13?,14?;9-,10-,11?,12?/m11111/s1. The number of furan rings is 2. The van der Waals surface area contributed by atoms with Gasteiger partial charge in [-0.15, -0.1) is 0 Å². The third kappa shape index (κ3) is 27.4. The Bertz CT molecular complexity index is 2980. The molecule has 28 atom stereocenters. The zero-order valence-corrected chi connectivity index (χ0v) is 68.8. The lowest BCUT2D eigenvalue weighted by molar-refractivity contribution is -0.0955. The molecule has 18 unspecified atom stereocenters. The molecule has 10 aliphatic heterocycles. The van der Waals surface area contributed by atoms with Crippen molar-refractivity contribution in [3.05, 3.63) is 120 Å². The third-order valence-electron chi connectivity index (χ3n) is 22.3. The van der Waals surface area contributed by atoms with Crippen molar-refractivity contribution in [3.8, 4) is 0 Å². The molecule has 0 amide bonds. The molecule has 2 aromatic carbocycles. The van der Waals surface area contributed by atoms with E-state index in [1.54, 1.807) is 12.5 Å². The molecule has 658 valence electrons.